The van der Waals surface area contributed by atoms with E-state index in [2.05, 4.69) is 40.8 Å². The number of nitrogens with two attached hydrogens (primary N) is 1. The Morgan fingerprint density at radius 3 is 2.55 bits per heavy atom. The van der Waals surface area contributed by atoms with Gasteiger partial charge in [-0.15, -0.1) is 0 Å². The molecule has 1 saturated heterocycles. The lowest BCUT2D eigenvalue weighted by Gasteiger charge is -2.39. The van der Waals surface area contributed by atoms with Crippen LogP contribution in [0.1, 0.15) is 69.7 Å². The maximum atomic E-state index is 13.4. The van der Waals surface area contributed by atoms with E-state index in [1.807, 2.05) is 17.0 Å². The van der Waals surface area contributed by atoms with Crippen LogP contribution >= 0.6 is 0 Å². The highest BCUT2D eigenvalue weighted by Crippen LogP contribution is 2.34. The summed E-state index contributed by atoms with van der Waals surface area (Å²) in [5, 5.41) is 0. The summed E-state index contributed by atoms with van der Waals surface area (Å²) in [6, 6.07) is 11.2. The zero-order chi connectivity index (χ0) is 21.8. The molecule has 31 heavy (non-hydrogen) atoms. The highest BCUT2D eigenvalue weighted by Gasteiger charge is 2.35. The first-order valence-electron chi connectivity index (χ1n) is 11.8. The Hall–Kier alpha value is -2.47. The first-order chi connectivity index (χ1) is 15.0. The van der Waals surface area contributed by atoms with Gasteiger partial charge in [0.25, 0.3) is 0 Å². The number of carbonyl (C=O) groups is 1. The molecule has 1 aromatic heterocycles. The van der Waals surface area contributed by atoms with Crippen molar-refractivity contribution in [3.05, 3.63) is 47.9 Å². The van der Waals surface area contributed by atoms with E-state index in [-0.39, 0.29) is 11.8 Å². The van der Waals surface area contributed by atoms with E-state index >= 15 is 0 Å². The van der Waals surface area contributed by atoms with Crippen molar-refractivity contribution in [3.8, 4) is 0 Å². The van der Waals surface area contributed by atoms with Gasteiger partial charge < -0.3 is 10.6 Å². The number of para-hydroxylation sites is 1. The van der Waals surface area contributed by atoms with Crippen LogP contribution in [0, 0.1) is 0 Å². The molecule has 2 aromatic rings. The van der Waals surface area contributed by atoms with Gasteiger partial charge in [0.2, 0.25) is 5.91 Å². The average molecular weight is 422 g/mol. The third-order valence-corrected chi connectivity index (χ3v) is 6.95. The molecule has 1 unspecified atom stereocenters. The van der Waals surface area contributed by atoms with Crippen LogP contribution in [0.25, 0.3) is 0 Å². The van der Waals surface area contributed by atoms with Gasteiger partial charge >= 0.3 is 0 Å². The molecule has 3 heterocycles. The lowest BCUT2D eigenvalue weighted by Crippen LogP contribution is -2.44. The number of piperidine rings is 1. The summed E-state index contributed by atoms with van der Waals surface area (Å²) in [6.07, 6.45) is 9.56. The van der Waals surface area contributed by atoms with Gasteiger partial charge in [-0.05, 0) is 70.2 Å². The lowest BCUT2D eigenvalue weighted by molar-refractivity contribution is -0.120. The second-order valence-corrected chi connectivity index (χ2v) is 9.14. The fourth-order valence-corrected chi connectivity index (χ4v) is 5.21. The van der Waals surface area contributed by atoms with Crippen LogP contribution in [0.4, 0.5) is 11.5 Å². The van der Waals surface area contributed by atoms with E-state index in [4.69, 9.17) is 5.73 Å². The van der Waals surface area contributed by atoms with Gasteiger partial charge in [0.05, 0.1) is 0 Å². The molecule has 3 atom stereocenters. The fraction of sp³-hybridized carbons (Fsp3) is 0.560. The van der Waals surface area contributed by atoms with Crippen molar-refractivity contribution in [1.29, 1.82) is 0 Å². The molecular formula is C25H35N5O. The van der Waals surface area contributed by atoms with E-state index in [0.29, 0.717) is 30.1 Å². The van der Waals surface area contributed by atoms with Gasteiger partial charge in [-0.25, -0.2) is 9.97 Å². The molecule has 6 nitrogen and oxygen atoms in total. The Kier molecular flexibility index (Phi) is 6.86. The maximum absolute atomic E-state index is 13.4. The molecule has 1 fully saturated rings. The Morgan fingerprint density at radius 2 is 1.77 bits per heavy atom. The fourth-order valence-electron chi connectivity index (χ4n) is 5.21. The monoisotopic (exact) mass is 421 g/mol. The second-order valence-electron chi connectivity index (χ2n) is 9.14. The zero-order valence-corrected chi connectivity index (χ0v) is 18.8. The number of anilines is 2. The van der Waals surface area contributed by atoms with Crippen molar-refractivity contribution in [2.75, 3.05) is 23.7 Å². The largest absolute Gasteiger partial charge is 0.384 e. The molecule has 0 saturated carbocycles. The van der Waals surface area contributed by atoms with E-state index in [1.165, 1.54) is 31.2 Å². The molecule has 0 radical (unpaired) electrons. The van der Waals surface area contributed by atoms with Crippen LogP contribution in [-0.2, 0) is 11.2 Å². The minimum Gasteiger partial charge on any atom is -0.384 e. The van der Waals surface area contributed by atoms with Crippen LogP contribution in [0.2, 0.25) is 0 Å². The molecule has 6 heteroatoms. The predicted molar refractivity (Wildman–Crippen MR) is 125 cm³/mol. The first-order valence-corrected chi connectivity index (χ1v) is 11.8. The number of likely N-dealkylation sites (tertiary alicyclic amines) is 1. The second kappa shape index (κ2) is 9.77. The van der Waals surface area contributed by atoms with Gasteiger partial charge in [-0.2, -0.15) is 0 Å². The number of carbonyl (C=O) groups excluding carboxylic acids is 1. The van der Waals surface area contributed by atoms with Crippen LogP contribution in [0.5, 0.6) is 0 Å². The normalized spacial score (nSPS) is 24.3. The maximum Gasteiger partial charge on any atom is 0.238 e. The van der Waals surface area contributed by atoms with E-state index in [9.17, 15) is 4.79 Å². The Labute approximate surface area is 185 Å². The Balaban J connectivity index is 1.39. The third kappa shape index (κ3) is 4.90. The molecule has 2 aliphatic rings. The summed E-state index contributed by atoms with van der Waals surface area (Å²) in [7, 11) is 0. The number of hydrogen-bond donors (Lipinski definition) is 1. The number of amides is 1. The van der Waals surface area contributed by atoms with Crippen molar-refractivity contribution >= 4 is 17.4 Å². The summed E-state index contributed by atoms with van der Waals surface area (Å²) < 4.78 is 0. The number of hydrogen-bond acceptors (Lipinski definition) is 5. The van der Waals surface area contributed by atoms with Gasteiger partial charge in [-0.1, -0.05) is 31.0 Å². The molecule has 2 aliphatic heterocycles. The molecule has 0 spiro atoms. The van der Waals surface area contributed by atoms with Gasteiger partial charge in [-0.3, -0.25) is 9.69 Å². The highest BCUT2D eigenvalue weighted by atomic mass is 16.2. The molecule has 166 valence electrons. The van der Waals surface area contributed by atoms with Crippen LogP contribution in [-0.4, -0.2) is 45.9 Å². The van der Waals surface area contributed by atoms with Gasteiger partial charge in [0, 0.05) is 30.5 Å². The summed E-state index contributed by atoms with van der Waals surface area (Å²) in [5.74, 6) is 0.651. The van der Waals surface area contributed by atoms with Crippen molar-refractivity contribution in [3.63, 3.8) is 0 Å². The number of aromatic nitrogens is 2. The minimum absolute atomic E-state index is 0.0857. The number of fused-ring (bicyclic) bond motifs is 1. The SMILES string of the molecule is C[C@@H]1CCC[C@H](C)N1CCCCCN1C(=O)C(c2nccc(N)n2)Cc2ccccc21. The summed E-state index contributed by atoms with van der Waals surface area (Å²) >= 11 is 0. The summed E-state index contributed by atoms with van der Waals surface area (Å²) in [4.78, 5) is 26.7. The molecule has 1 aromatic carbocycles. The standard InChI is InChI=1S/C25H35N5O/c1-18-9-8-10-19(2)29(18)15-6-3-7-16-30-22-12-5-4-11-20(22)17-21(25(30)31)24-27-14-13-23(26)28-24/h4-5,11-14,18-19,21H,3,6-10,15-17H2,1-2H3,(H2,26,27,28)/t18-,19+,21?. The highest BCUT2D eigenvalue weighted by molar-refractivity contribution is 6.00. The Bertz CT molecular complexity index is 891. The van der Waals surface area contributed by atoms with E-state index in [1.54, 1.807) is 12.3 Å². The van der Waals surface area contributed by atoms with E-state index < -0.39 is 0 Å². The third-order valence-electron chi connectivity index (χ3n) is 6.95. The number of benzene rings is 1. The van der Waals surface area contributed by atoms with Crippen molar-refractivity contribution in [1.82, 2.24) is 14.9 Å². The van der Waals surface area contributed by atoms with Crippen molar-refractivity contribution in [2.45, 2.75) is 76.8 Å². The number of nitrogens with zero attached hydrogens (tertiary/aromatic N) is 4. The van der Waals surface area contributed by atoms with Crippen LogP contribution in [0.3, 0.4) is 0 Å². The minimum atomic E-state index is -0.367. The summed E-state index contributed by atoms with van der Waals surface area (Å²) in [6.45, 7) is 6.61. The first kappa shape index (κ1) is 21.8. The number of unbranched alkanes of at least 4 members (excludes halogenated alkanes) is 2. The molecule has 0 bridgehead atoms. The zero-order valence-electron chi connectivity index (χ0n) is 18.8. The molecule has 4 rings (SSSR count). The van der Waals surface area contributed by atoms with Crippen LogP contribution < -0.4 is 10.6 Å². The smallest absolute Gasteiger partial charge is 0.238 e. The van der Waals surface area contributed by atoms with Crippen molar-refractivity contribution in [2.24, 2.45) is 0 Å². The Morgan fingerprint density at radius 1 is 1.03 bits per heavy atom. The van der Waals surface area contributed by atoms with Gasteiger partial charge in [0.15, 0.2) is 0 Å². The number of rotatable bonds is 7. The predicted octanol–water partition coefficient (Wildman–Crippen LogP) is 4.16. The van der Waals surface area contributed by atoms with Gasteiger partial charge in [0.1, 0.15) is 17.6 Å². The van der Waals surface area contributed by atoms with Crippen LogP contribution in [0.15, 0.2) is 36.5 Å². The quantitative estimate of drug-likeness (QED) is 0.679. The van der Waals surface area contributed by atoms with E-state index in [0.717, 1.165) is 31.6 Å². The number of nitrogen functional groups attached to an aromatic ring is 1. The molecule has 2 N–H and O–H groups in total. The summed E-state index contributed by atoms with van der Waals surface area (Å²) in [5.41, 5.74) is 8.06. The topological polar surface area (TPSA) is 75.3 Å². The lowest BCUT2D eigenvalue weighted by atomic mass is 9.90. The molecular weight excluding hydrogens is 386 g/mol. The van der Waals surface area contributed by atoms with Crippen molar-refractivity contribution < 1.29 is 4.79 Å². The average Bonchev–Trinajstić information content (AvgIpc) is 2.76. The molecule has 1 amide bonds. The molecule has 0 aliphatic carbocycles.